The van der Waals surface area contributed by atoms with Crippen LogP contribution >= 0.6 is 7.92 Å². The van der Waals surface area contributed by atoms with Gasteiger partial charge in [0.25, 0.3) is 16.9 Å². The van der Waals surface area contributed by atoms with Gasteiger partial charge in [-0.1, -0.05) is 6.82 Å². The molecule has 4 amide bonds. The van der Waals surface area contributed by atoms with Crippen LogP contribution in [0, 0.1) is 0 Å². The number of amides is 4. The van der Waals surface area contributed by atoms with Crippen molar-refractivity contribution < 1.29 is 24.0 Å². The molecular weight excluding hydrogens is 222 g/mol. The van der Waals surface area contributed by atoms with Crippen LogP contribution in [-0.4, -0.2) is 47.8 Å². The van der Waals surface area contributed by atoms with Crippen molar-refractivity contribution in [3.05, 3.63) is 0 Å². The average Bonchev–Trinajstić information content (AvgIpc) is 2.20. The number of hydrogen-bond acceptors (Lipinski definition) is 5. The van der Waals surface area contributed by atoms with E-state index in [0.717, 1.165) is 11.9 Å². The van der Waals surface area contributed by atoms with Crippen LogP contribution in [0.4, 0.5) is 14.4 Å². The molecule has 15 heavy (non-hydrogen) atoms. The Kier molecular flexibility index (Phi) is 3.54. The number of hydroxylamine groups is 2. The van der Waals surface area contributed by atoms with E-state index in [1.807, 2.05) is 0 Å². The summed E-state index contributed by atoms with van der Waals surface area (Å²) in [5.74, 6) is 0. The Labute approximate surface area is 87.3 Å². The van der Waals surface area contributed by atoms with Crippen molar-refractivity contribution in [1.82, 2.24) is 9.87 Å². The van der Waals surface area contributed by atoms with Crippen LogP contribution in [0.3, 0.4) is 0 Å². The van der Waals surface area contributed by atoms with Gasteiger partial charge in [-0.05, 0) is 0 Å². The maximum absolute atomic E-state index is 11.5. The lowest BCUT2D eigenvalue weighted by atomic mass is 9.98. The van der Waals surface area contributed by atoms with Crippen LogP contribution < -0.4 is 0 Å². The molecule has 0 unspecified atom stereocenters. The van der Waals surface area contributed by atoms with Gasteiger partial charge in [0.2, 0.25) is 13.8 Å². The monoisotopic (exact) mass is 230 g/mol. The van der Waals surface area contributed by atoms with Gasteiger partial charge in [-0.3, -0.25) is 24.0 Å². The minimum atomic E-state index is -2.10. The Hall–Kier alpha value is -1.27. The summed E-state index contributed by atoms with van der Waals surface area (Å²) in [4.78, 5) is 49.6. The molecular formula is C6H8BN2O5P. The van der Waals surface area contributed by atoms with Crippen LogP contribution in [-0.2, 0) is 9.63 Å². The first-order valence-electron chi connectivity index (χ1n) is 4.06. The third-order valence-electron chi connectivity index (χ3n) is 1.82. The third-order valence-corrected chi connectivity index (χ3v) is 3.59. The molecule has 1 fully saturated rings. The van der Waals surface area contributed by atoms with Gasteiger partial charge in [-0.15, -0.1) is 5.06 Å². The normalized spacial score (nSPS) is 16.0. The Balaban J connectivity index is 2.75. The molecule has 7 nitrogen and oxygen atoms in total. The third kappa shape index (κ3) is 1.78. The van der Waals surface area contributed by atoms with E-state index in [9.17, 15) is 19.2 Å². The smallest absolute Gasteiger partial charge is 0.294 e. The van der Waals surface area contributed by atoms with E-state index in [0.29, 0.717) is 11.5 Å². The molecule has 80 valence electrons. The Morgan fingerprint density at radius 3 is 2.40 bits per heavy atom. The molecule has 1 aliphatic heterocycles. The van der Waals surface area contributed by atoms with E-state index in [1.54, 1.807) is 6.82 Å². The summed E-state index contributed by atoms with van der Waals surface area (Å²) >= 11 is 0. The summed E-state index contributed by atoms with van der Waals surface area (Å²) in [6.45, 7) is 1.57. The number of imide groups is 2. The van der Waals surface area contributed by atoms with Gasteiger partial charge in [0.05, 0.1) is 7.11 Å². The minimum Gasteiger partial charge on any atom is -0.331 e. The molecule has 1 heterocycles. The fourth-order valence-electron chi connectivity index (χ4n) is 1.00. The van der Waals surface area contributed by atoms with E-state index < -0.39 is 24.9 Å². The second-order valence-corrected chi connectivity index (χ2v) is 4.37. The number of hydrogen-bond donors (Lipinski definition) is 0. The second-order valence-electron chi connectivity index (χ2n) is 2.55. The van der Waals surface area contributed by atoms with E-state index >= 15 is 0 Å². The molecule has 1 saturated heterocycles. The van der Waals surface area contributed by atoms with E-state index in [-0.39, 0.29) is 7.41 Å². The standard InChI is InChI=1S/C6H8BN2O5P/c1-7-8(3-10)4(11)15-5(12)9(14-2)6(15)13/h3,7H,1-2H3. The highest BCUT2D eigenvalue weighted by molar-refractivity contribution is 8.04. The zero-order valence-corrected chi connectivity index (χ0v) is 9.06. The molecule has 0 spiro atoms. The van der Waals surface area contributed by atoms with Crippen molar-refractivity contribution in [2.75, 3.05) is 7.11 Å². The summed E-state index contributed by atoms with van der Waals surface area (Å²) in [6, 6.07) is 0. The lowest BCUT2D eigenvalue weighted by molar-refractivity contribution is -0.112. The van der Waals surface area contributed by atoms with Crippen LogP contribution in [0.25, 0.3) is 0 Å². The predicted molar refractivity (Wildman–Crippen MR) is 52.9 cm³/mol. The molecule has 0 radical (unpaired) electrons. The van der Waals surface area contributed by atoms with Crippen molar-refractivity contribution in [2.45, 2.75) is 6.82 Å². The van der Waals surface area contributed by atoms with Gasteiger partial charge in [0.15, 0.2) is 7.92 Å². The number of rotatable bonds is 4. The molecule has 0 aromatic rings. The van der Waals surface area contributed by atoms with Crippen molar-refractivity contribution in [1.29, 1.82) is 0 Å². The van der Waals surface area contributed by atoms with E-state index in [4.69, 9.17) is 0 Å². The summed E-state index contributed by atoms with van der Waals surface area (Å²) in [6.07, 6.45) is 0.306. The summed E-state index contributed by atoms with van der Waals surface area (Å²) < 4.78 is 0. The van der Waals surface area contributed by atoms with Gasteiger partial charge in [0.1, 0.15) is 0 Å². The van der Waals surface area contributed by atoms with E-state index in [2.05, 4.69) is 4.84 Å². The molecule has 0 aromatic carbocycles. The SMILES string of the molecule is CBN(C=O)C(=O)P1C(=O)N(OC)C1=O. The lowest BCUT2D eigenvalue weighted by Gasteiger charge is -2.33. The molecule has 0 saturated carbocycles. The highest BCUT2D eigenvalue weighted by atomic mass is 31.1. The molecule has 9 heteroatoms. The molecule has 0 aliphatic carbocycles. The largest absolute Gasteiger partial charge is 0.331 e. The topological polar surface area (TPSA) is 84.0 Å². The first-order valence-corrected chi connectivity index (χ1v) is 5.40. The van der Waals surface area contributed by atoms with Crippen LogP contribution in [0.15, 0.2) is 0 Å². The van der Waals surface area contributed by atoms with Crippen LogP contribution in [0.1, 0.15) is 0 Å². The van der Waals surface area contributed by atoms with Gasteiger partial charge < -0.3 is 4.81 Å². The molecule has 0 N–H and O–H groups in total. The molecule has 0 bridgehead atoms. The van der Waals surface area contributed by atoms with Gasteiger partial charge in [-0.25, -0.2) is 0 Å². The fourth-order valence-corrected chi connectivity index (χ4v) is 2.50. The Morgan fingerprint density at radius 1 is 1.53 bits per heavy atom. The van der Waals surface area contributed by atoms with Crippen LogP contribution in [0.2, 0.25) is 6.82 Å². The first kappa shape index (κ1) is 11.8. The molecule has 1 aliphatic rings. The number of carbonyl (C=O) groups is 4. The number of nitrogens with zero attached hydrogens (tertiary/aromatic N) is 2. The Morgan fingerprint density at radius 2 is 2.07 bits per heavy atom. The fraction of sp³-hybridized carbons (Fsp3) is 0.333. The Bertz CT molecular complexity index is 319. The quantitative estimate of drug-likeness (QED) is 0.400. The van der Waals surface area contributed by atoms with E-state index in [1.165, 1.54) is 0 Å². The number of carbonyl (C=O) groups excluding carboxylic acids is 4. The average molecular weight is 230 g/mol. The molecule has 1 rings (SSSR count). The van der Waals surface area contributed by atoms with Gasteiger partial charge >= 0.3 is 0 Å². The van der Waals surface area contributed by atoms with Crippen molar-refractivity contribution in [3.63, 3.8) is 0 Å². The zero-order valence-electron chi connectivity index (χ0n) is 8.17. The van der Waals surface area contributed by atoms with Gasteiger partial charge in [0, 0.05) is 0 Å². The predicted octanol–water partition coefficient (Wildman–Crippen LogP) is 0.563. The van der Waals surface area contributed by atoms with Crippen molar-refractivity contribution in [2.24, 2.45) is 0 Å². The van der Waals surface area contributed by atoms with Crippen molar-refractivity contribution >= 4 is 38.7 Å². The summed E-state index contributed by atoms with van der Waals surface area (Å²) in [5, 5.41) is 0.516. The molecule has 0 aromatic heterocycles. The zero-order chi connectivity index (χ0) is 11.6. The maximum Gasteiger partial charge on any atom is 0.294 e. The highest BCUT2D eigenvalue weighted by Crippen LogP contribution is 2.52. The van der Waals surface area contributed by atoms with Gasteiger partial charge in [-0.2, -0.15) is 0 Å². The highest BCUT2D eigenvalue weighted by Gasteiger charge is 2.54. The first-order chi connectivity index (χ1) is 7.08. The summed E-state index contributed by atoms with van der Waals surface area (Å²) in [5.41, 5.74) is -2.10. The second kappa shape index (κ2) is 4.50. The lowest BCUT2D eigenvalue weighted by Crippen LogP contribution is -2.48. The van der Waals surface area contributed by atoms with Crippen LogP contribution in [0.5, 0.6) is 0 Å². The van der Waals surface area contributed by atoms with Crippen molar-refractivity contribution in [3.8, 4) is 0 Å². The summed E-state index contributed by atoms with van der Waals surface area (Å²) in [7, 11) is -0.808. The molecule has 0 atom stereocenters. The minimum absolute atomic E-state index is 0.134. The maximum atomic E-state index is 11.5.